The molecule has 3 nitrogen and oxygen atoms in total. The van der Waals surface area contributed by atoms with Crippen LogP contribution in [0, 0.1) is 11.3 Å². The van der Waals surface area contributed by atoms with Crippen molar-refractivity contribution in [2.75, 3.05) is 13.6 Å². The van der Waals surface area contributed by atoms with E-state index in [-0.39, 0.29) is 0 Å². The second kappa shape index (κ2) is 5.60. The summed E-state index contributed by atoms with van der Waals surface area (Å²) in [6, 6.07) is 0.626. The molecule has 0 saturated heterocycles. The summed E-state index contributed by atoms with van der Waals surface area (Å²) in [4.78, 5) is 14.0. The third-order valence-corrected chi connectivity index (χ3v) is 5.19. The maximum atomic E-state index is 11.7. The molecule has 0 radical (unpaired) electrons. The van der Waals surface area contributed by atoms with Crippen molar-refractivity contribution < 1.29 is 9.90 Å². The van der Waals surface area contributed by atoms with E-state index in [2.05, 4.69) is 18.9 Å². The quantitative estimate of drug-likeness (QED) is 0.836. The summed E-state index contributed by atoms with van der Waals surface area (Å²) in [5.74, 6) is 0.133. The van der Waals surface area contributed by atoms with Crippen molar-refractivity contribution in [3.8, 4) is 0 Å². The highest BCUT2D eigenvalue weighted by molar-refractivity contribution is 5.75. The van der Waals surface area contributed by atoms with E-state index in [9.17, 15) is 9.90 Å². The van der Waals surface area contributed by atoms with Gasteiger partial charge in [-0.05, 0) is 51.5 Å². The molecule has 2 rings (SSSR count). The highest BCUT2D eigenvalue weighted by Gasteiger charge is 2.42. The van der Waals surface area contributed by atoms with E-state index in [1.165, 1.54) is 25.7 Å². The molecule has 0 unspecified atom stereocenters. The SMILES string of the molecule is CC1CCC(CN(C)C2CCCC2)(C(=O)O)CC1. The maximum absolute atomic E-state index is 11.7. The van der Waals surface area contributed by atoms with Gasteiger partial charge >= 0.3 is 5.97 Å². The highest BCUT2D eigenvalue weighted by Crippen LogP contribution is 2.40. The number of rotatable bonds is 4. The molecule has 2 aliphatic carbocycles. The van der Waals surface area contributed by atoms with Crippen molar-refractivity contribution in [2.24, 2.45) is 11.3 Å². The third kappa shape index (κ3) is 2.87. The Hall–Kier alpha value is -0.570. The zero-order valence-corrected chi connectivity index (χ0v) is 11.8. The molecule has 3 heteroatoms. The minimum absolute atomic E-state index is 0.468. The van der Waals surface area contributed by atoms with E-state index in [0.29, 0.717) is 12.0 Å². The fourth-order valence-electron chi connectivity index (χ4n) is 3.71. The van der Waals surface area contributed by atoms with Crippen molar-refractivity contribution >= 4 is 5.97 Å². The van der Waals surface area contributed by atoms with Gasteiger partial charge in [-0.1, -0.05) is 19.8 Å². The first-order chi connectivity index (χ1) is 8.53. The van der Waals surface area contributed by atoms with E-state index < -0.39 is 11.4 Å². The van der Waals surface area contributed by atoms with Crippen molar-refractivity contribution in [2.45, 2.75) is 64.3 Å². The van der Waals surface area contributed by atoms with Gasteiger partial charge in [0.05, 0.1) is 5.41 Å². The van der Waals surface area contributed by atoms with Gasteiger partial charge in [0.25, 0.3) is 0 Å². The van der Waals surface area contributed by atoms with Gasteiger partial charge in [-0.15, -0.1) is 0 Å². The lowest BCUT2D eigenvalue weighted by molar-refractivity contribution is -0.153. The molecule has 2 aliphatic rings. The van der Waals surface area contributed by atoms with Gasteiger partial charge in [0.1, 0.15) is 0 Å². The number of nitrogens with zero attached hydrogens (tertiary/aromatic N) is 1. The number of carbonyl (C=O) groups is 1. The fraction of sp³-hybridized carbons (Fsp3) is 0.933. The summed E-state index contributed by atoms with van der Waals surface area (Å²) in [6.07, 6.45) is 9.00. The normalized spacial score (nSPS) is 34.1. The smallest absolute Gasteiger partial charge is 0.310 e. The molecule has 0 atom stereocenters. The summed E-state index contributed by atoms with van der Waals surface area (Å²) in [7, 11) is 2.12. The fourth-order valence-corrected chi connectivity index (χ4v) is 3.71. The summed E-state index contributed by atoms with van der Waals surface area (Å²) in [5.41, 5.74) is -0.468. The topological polar surface area (TPSA) is 40.5 Å². The Bertz CT molecular complexity index is 289. The Morgan fingerprint density at radius 3 is 2.28 bits per heavy atom. The van der Waals surface area contributed by atoms with Crippen LogP contribution in [0.2, 0.25) is 0 Å². The molecule has 2 saturated carbocycles. The molecule has 18 heavy (non-hydrogen) atoms. The molecule has 0 aromatic carbocycles. The summed E-state index contributed by atoms with van der Waals surface area (Å²) in [6.45, 7) is 2.99. The van der Waals surface area contributed by atoms with Crippen LogP contribution in [-0.2, 0) is 4.79 Å². The molecule has 0 heterocycles. The van der Waals surface area contributed by atoms with Crippen molar-refractivity contribution in [1.29, 1.82) is 0 Å². The first-order valence-electron chi connectivity index (χ1n) is 7.47. The summed E-state index contributed by atoms with van der Waals surface area (Å²) in [5, 5.41) is 9.64. The molecule has 0 amide bonds. The van der Waals surface area contributed by atoms with Crippen LogP contribution in [0.1, 0.15) is 58.3 Å². The largest absolute Gasteiger partial charge is 0.481 e. The molecule has 0 aliphatic heterocycles. The van der Waals surface area contributed by atoms with Crippen LogP contribution in [0.25, 0.3) is 0 Å². The lowest BCUT2D eigenvalue weighted by atomic mass is 9.70. The average molecular weight is 253 g/mol. The van der Waals surface area contributed by atoms with Gasteiger partial charge in [-0.25, -0.2) is 0 Å². The summed E-state index contributed by atoms with van der Waals surface area (Å²) < 4.78 is 0. The Kier molecular flexibility index (Phi) is 4.31. The third-order valence-electron chi connectivity index (χ3n) is 5.19. The number of carboxylic acid groups (broad SMARTS) is 1. The van der Waals surface area contributed by atoms with Gasteiger partial charge < -0.3 is 10.0 Å². The zero-order valence-electron chi connectivity index (χ0n) is 11.8. The average Bonchev–Trinajstić information content (AvgIpc) is 2.85. The van der Waals surface area contributed by atoms with Crippen molar-refractivity contribution in [3.63, 3.8) is 0 Å². The molecule has 1 N–H and O–H groups in total. The van der Waals surface area contributed by atoms with Crippen LogP contribution in [-0.4, -0.2) is 35.6 Å². The Morgan fingerprint density at radius 1 is 1.22 bits per heavy atom. The van der Waals surface area contributed by atoms with E-state index in [0.717, 1.165) is 32.2 Å². The minimum Gasteiger partial charge on any atom is -0.481 e. The molecular formula is C15H27NO2. The van der Waals surface area contributed by atoms with Crippen LogP contribution in [0.15, 0.2) is 0 Å². The Labute approximate surface area is 111 Å². The van der Waals surface area contributed by atoms with Gasteiger partial charge in [0.15, 0.2) is 0 Å². The van der Waals surface area contributed by atoms with E-state index >= 15 is 0 Å². The van der Waals surface area contributed by atoms with Crippen LogP contribution in [0.5, 0.6) is 0 Å². The molecule has 0 bridgehead atoms. The minimum atomic E-state index is -0.570. The van der Waals surface area contributed by atoms with E-state index in [4.69, 9.17) is 0 Å². The number of aliphatic carboxylic acids is 1. The molecule has 0 spiro atoms. The van der Waals surface area contributed by atoms with Gasteiger partial charge in [-0.2, -0.15) is 0 Å². The standard InChI is InChI=1S/C15H27NO2/c1-12-7-9-15(10-8-12,14(17)18)11-16(2)13-5-3-4-6-13/h12-13H,3-11H2,1-2H3,(H,17,18). The molecule has 104 valence electrons. The van der Waals surface area contributed by atoms with Crippen LogP contribution in [0.3, 0.4) is 0 Å². The first kappa shape index (κ1) is 13.9. The number of hydrogen-bond donors (Lipinski definition) is 1. The van der Waals surface area contributed by atoms with Crippen LogP contribution in [0.4, 0.5) is 0 Å². The van der Waals surface area contributed by atoms with Gasteiger partial charge in [-0.3, -0.25) is 4.79 Å². The maximum Gasteiger partial charge on any atom is 0.310 e. The predicted molar refractivity (Wildman–Crippen MR) is 72.6 cm³/mol. The lowest BCUT2D eigenvalue weighted by Crippen LogP contribution is -2.46. The van der Waals surface area contributed by atoms with Gasteiger partial charge in [0, 0.05) is 12.6 Å². The molecule has 0 aromatic rings. The molecule has 2 fully saturated rings. The predicted octanol–water partition coefficient (Wildman–Crippen LogP) is 3.14. The van der Waals surface area contributed by atoms with Crippen molar-refractivity contribution in [1.82, 2.24) is 4.90 Å². The molecular weight excluding hydrogens is 226 g/mol. The Morgan fingerprint density at radius 2 is 1.78 bits per heavy atom. The monoisotopic (exact) mass is 253 g/mol. The van der Waals surface area contributed by atoms with Crippen LogP contribution < -0.4 is 0 Å². The first-order valence-corrected chi connectivity index (χ1v) is 7.47. The van der Waals surface area contributed by atoms with E-state index in [1.54, 1.807) is 0 Å². The van der Waals surface area contributed by atoms with E-state index in [1.807, 2.05) is 0 Å². The Balaban J connectivity index is 1.99. The van der Waals surface area contributed by atoms with Crippen molar-refractivity contribution in [3.05, 3.63) is 0 Å². The number of carboxylic acids is 1. The second-order valence-corrected chi connectivity index (χ2v) is 6.62. The lowest BCUT2D eigenvalue weighted by Gasteiger charge is -2.40. The molecule has 0 aromatic heterocycles. The van der Waals surface area contributed by atoms with Crippen LogP contribution >= 0.6 is 0 Å². The number of hydrogen-bond acceptors (Lipinski definition) is 2. The highest BCUT2D eigenvalue weighted by atomic mass is 16.4. The van der Waals surface area contributed by atoms with Gasteiger partial charge in [0.2, 0.25) is 0 Å². The second-order valence-electron chi connectivity index (χ2n) is 6.62. The zero-order chi connectivity index (χ0) is 13.2. The summed E-state index contributed by atoms with van der Waals surface area (Å²) >= 11 is 0.